The van der Waals surface area contributed by atoms with E-state index < -0.39 is 9.17 Å². The van der Waals surface area contributed by atoms with Crippen molar-refractivity contribution in [3.63, 3.8) is 0 Å². The van der Waals surface area contributed by atoms with Crippen molar-refractivity contribution < 1.29 is 0 Å². The van der Waals surface area contributed by atoms with Gasteiger partial charge in [-0.15, -0.1) is 58.0 Å². The highest BCUT2D eigenvalue weighted by atomic mass is 35.5. The SMILES string of the molecule is CCC(Cl)(Cl)CC(Cl)CC(Cl)Cl. The third-order valence-electron chi connectivity index (χ3n) is 1.47. The van der Waals surface area contributed by atoms with E-state index in [0.717, 1.165) is 0 Å². The Hall–Kier alpha value is 1.45. The molecule has 0 saturated carbocycles. The second kappa shape index (κ2) is 6.03. The van der Waals surface area contributed by atoms with Crippen LogP contribution in [0.3, 0.4) is 0 Å². The van der Waals surface area contributed by atoms with E-state index in [9.17, 15) is 0 Å². The molecule has 0 heterocycles. The number of halogens is 5. The van der Waals surface area contributed by atoms with Gasteiger partial charge >= 0.3 is 0 Å². The molecule has 12 heavy (non-hydrogen) atoms. The van der Waals surface area contributed by atoms with Crippen molar-refractivity contribution in [3.05, 3.63) is 0 Å². The van der Waals surface area contributed by atoms with Gasteiger partial charge < -0.3 is 0 Å². The van der Waals surface area contributed by atoms with Gasteiger partial charge in [-0.1, -0.05) is 6.92 Å². The van der Waals surface area contributed by atoms with Crippen LogP contribution in [0.2, 0.25) is 0 Å². The van der Waals surface area contributed by atoms with Gasteiger partial charge in [0.1, 0.15) is 9.17 Å². The fourth-order valence-electron chi connectivity index (χ4n) is 0.745. The van der Waals surface area contributed by atoms with Crippen LogP contribution in [-0.4, -0.2) is 14.5 Å². The Kier molecular flexibility index (Phi) is 6.76. The van der Waals surface area contributed by atoms with E-state index in [1.165, 1.54) is 0 Å². The Bertz CT molecular complexity index is 123. The van der Waals surface area contributed by atoms with E-state index in [1.54, 1.807) is 0 Å². The van der Waals surface area contributed by atoms with Crippen molar-refractivity contribution in [1.29, 1.82) is 0 Å². The van der Waals surface area contributed by atoms with Crippen LogP contribution in [0.4, 0.5) is 0 Å². The van der Waals surface area contributed by atoms with Crippen molar-refractivity contribution in [2.75, 3.05) is 0 Å². The fraction of sp³-hybridized carbons (Fsp3) is 1.00. The number of hydrogen-bond donors (Lipinski definition) is 0. The normalized spacial score (nSPS) is 15.2. The van der Waals surface area contributed by atoms with Crippen LogP contribution in [0.1, 0.15) is 26.2 Å². The maximum Gasteiger partial charge on any atom is 0.119 e. The first-order valence-corrected chi connectivity index (χ1v) is 5.74. The molecule has 0 aliphatic rings. The average Bonchev–Trinajstić information content (AvgIpc) is 1.84. The maximum atomic E-state index is 5.90. The summed E-state index contributed by atoms with van der Waals surface area (Å²) in [5.74, 6) is 0. The maximum absolute atomic E-state index is 5.90. The molecular weight excluding hydrogens is 261 g/mol. The molecule has 0 aliphatic heterocycles. The first-order chi connectivity index (χ1) is 5.37. The summed E-state index contributed by atoms with van der Waals surface area (Å²) in [4.78, 5) is -0.450. The molecule has 0 spiro atoms. The molecular formula is C7H11Cl5. The van der Waals surface area contributed by atoms with Crippen molar-refractivity contribution in [1.82, 2.24) is 0 Å². The van der Waals surface area contributed by atoms with Gasteiger partial charge in [-0.2, -0.15) is 0 Å². The van der Waals surface area contributed by atoms with Gasteiger partial charge in [0.2, 0.25) is 0 Å². The lowest BCUT2D eigenvalue weighted by Crippen LogP contribution is -2.18. The van der Waals surface area contributed by atoms with Crippen LogP contribution in [0.15, 0.2) is 0 Å². The summed E-state index contributed by atoms with van der Waals surface area (Å²) >= 11 is 28.8. The molecule has 0 fully saturated rings. The van der Waals surface area contributed by atoms with Gasteiger partial charge in [0.05, 0.1) is 0 Å². The summed E-state index contributed by atoms with van der Waals surface area (Å²) in [5, 5.41) is -0.167. The highest BCUT2D eigenvalue weighted by Gasteiger charge is 2.26. The van der Waals surface area contributed by atoms with Crippen LogP contribution in [-0.2, 0) is 0 Å². The van der Waals surface area contributed by atoms with E-state index in [2.05, 4.69) is 0 Å². The number of hydrogen-bond acceptors (Lipinski definition) is 0. The number of rotatable bonds is 5. The molecule has 0 radical (unpaired) electrons. The van der Waals surface area contributed by atoms with Gasteiger partial charge in [-0.25, -0.2) is 0 Å². The molecule has 0 aliphatic carbocycles. The molecule has 74 valence electrons. The molecule has 0 aromatic heterocycles. The highest BCUT2D eigenvalue weighted by molar-refractivity contribution is 6.48. The monoisotopic (exact) mass is 270 g/mol. The van der Waals surface area contributed by atoms with Crippen molar-refractivity contribution in [2.24, 2.45) is 0 Å². The van der Waals surface area contributed by atoms with E-state index >= 15 is 0 Å². The molecule has 0 rings (SSSR count). The van der Waals surface area contributed by atoms with Crippen LogP contribution in [0.25, 0.3) is 0 Å². The average molecular weight is 272 g/mol. The van der Waals surface area contributed by atoms with Gasteiger partial charge in [-0.3, -0.25) is 0 Å². The Morgan fingerprint density at radius 1 is 1.17 bits per heavy atom. The zero-order valence-electron chi connectivity index (χ0n) is 6.67. The minimum absolute atomic E-state index is 0.167. The quantitative estimate of drug-likeness (QED) is 0.633. The minimum Gasteiger partial charge on any atom is -0.123 e. The molecule has 0 nitrogen and oxygen atoms in total. The van der Waals surface area contributed by atoms with E-state index in [4.69, 9.17) is 58.0 Å². The lowest BCUT2D eigenvalue weighted by Gasteiger charge is -2.20. The molecule has 0 aromatic carbocycles. The Morgan fingerprint density at radius 2 is 1.67 bits per heavy atom. The molecule has 0 bridgehead atoms. The van der Waals surface area contributed by atoms with Crippen molar-refractivity contribution >= 4 is 58.0 Å². The third-order valence-corrected chi connectivity index (χ3v) is 3.00. The van der Waals surface area contributed by atoms with E-state index in [0.29, 0.717) is 19.3 Å². The highest BCUT2D eigenvalue weighted by Crippen LogP contribution is 2.33. The predicted octanol–water partition coefficient (Wildman–Crippen LogP) is 4.76. The van der Waals surface area contributed by atoms with Crippen LogP contribution in [0, 0.1) is 0 Å². The van der Waals surface area contributed by atoms with Gasteiger partial charge in [0.25, 0.3) is 0 Å². The molecule has 0 aromatic rings. The summed E-state index contributed by atoms with van der Waals surface area (Å²) in [6, 6.07) is 0. The lowest BCUT2D eigenvalue weighted by molar-refractivity contribution is 0.622. The minimum atomic E-state index is -0.755. The van der Waals surface area contributed by atoms with Crippen LogP contribution >= 0.6 is 58.0 Å². The van der Waals surface area contributed by atoms with Gasteiger partial charge in [0.15, 0.2) is 0 Å². The molecule has 1 atom stereocenters. The molecule has 0 amide bonds. The van der Waals surface area contributed by atoms with Crippen molar-refractivity contribution in [3.8, 4) is 0 Å². The topological polar surface area (TPSA) is 0 Å². The molecule has 1 unspecified atom stereocenters. The lowest BCUT2D eigenvalue weighted by atomic mass is 10.1. The largest absolute Gasteiger partial charge is 0.123 e. The van der Waals surface area contributed by atoms with Gasteiger partial charge in [-0.05, 0) is 19.3 Å². The van der Waals surface area contributed by atoms with Crippen molar-refractivity contribution in [2.45, 2.75) is 40.7 Å². The van der Waals surface area contributed by atoms with Crippen LogP contribution in [0.5, 0.6) is 0 Å². The molecule has 0 N–H and O–H groups in total. The Balaban J connectivity index is 3.75. The Morgan fingerprint density at radius 3 is 2.00 bits per heavy atom. The first-order valence-electron chi connectivity index (χ1n) is 3.67. The summed E-state index contributed by atoms with van der Waals surface area (Å²) in [6.45, 7) is 1.91. The molecule has 5 heteroatoms. The fourth-order valence-corrected chi connectivity index (χ4v) is 2.33. The second-order valence-corrected chi connectivity index (χ2v) is 6.17. The number of alkyl halides is 5. The zero-order valence-corrected chi connectivity index (χ0v) is 10.4. The second-order valence-electron chi connectivity index (χ2n) is 2.64. The first kappa shape index (κ1) is 13.4. The standard InChI is InChI=1S/C7H11Cl5/c1-2-7(11,12)4-5(8)3-6(9)10/h5-6H,2-4H2,1H3. The van der Waals surface area contributed by atoms with E-state index in [-0.39, 0.29) is 5.38 Å². The van der Waals surface area contributed by atoms with Crippen LogP contribution < -0.4 is 0 Å². The predicted molar refractivity (Wildman–Crippen MR) is 59.1 cm³/mol. The van der Waals surface area contributed by atoms with Gasteiger partial charge in [0, 0.05) is 5.38 Å². The summed E-state index contributed by atoms with van der Waals surface area (Å²) < 4.78 is -0.755. The van der Waals surface area contributed by atoms with E-state index in [1.807, 2.05) is 6.92 Å². The molecule has 0 saturated heterocycles. The summed E-state index contributed by atoms with van der Waals surface area (Å²) in [7, 11) is 0. The smallest absolute Gasteiger partial charge is 0.119 e. The summed E-state index contributed by atoms with van der Waals surface area (Å²) in [5.41, 5.74) is 0. The third kappa shape index (κ3) is 6.91. The summed E-state index contributed by atoms with van der Waals surface area (Å²) in [6.07, 6.45) is 1.67. The Labute approximate surface area is 98.4 Å². The zero-order chi connectivity index (χ0) is 9.78.